The monoisotopic (exact) mass is 1610 g/mol. The van der Waals surface area contributed by atoms with Crippen LogP contribution in [0.1, 0.15) is 195 Å². The number of hydrogen-bond acceptors (Lipinski definition) is 16. The zero-order valence-corrected chi connectivity index (χ0v) is 67.6. The molecule has 7 atom stereocenters. The number of alkyl halides is 4. The molecule has 25 nitrogen and oxygen atoms in total. The van der Waals surface area contributed by atoms with Crippen molar-refractivity contribution in [1.29, 1.82) is 0 Å². The maximum absolute atomic E-state index is 16.6. The van der Waals surface area contributed by atoms with Crippen molar-refractivity contribution in [3.63, 3.8) is 0 Å². The van der Waals surface area contributed by atoms with Gasteiger partial charge in [-0.3, -0.25) is 29.3 Å². The lowest BCUT2D eigenvalue weighted by Crippen LogP contribution is -2.53. The quantitative estimate of drug-likeness (QED) is 0.0419. The Morgan fingerprint density at radius 2 is 0.906 bits per heavy atom. The van der Waals surface area contributed by atoms with Crippen molar-refractivity contribution in [2.24, 2.45) is 38.6 Å². The smallest absolute Gasteiger partial charge is 0.410 e. The van der Waals surface area contributed by atoms with E-state index in [4.69, 9.17) is 33.7 Å². The number of benzene rings is 4. The molecule has 4 aliphatic carbocycles. The number of hydrogen-bond donors (Lipinski definition) is 5. The van der Waals surface area contributed by atoms with Crippen LogP contribution in [0.3, 0.4) is 0 Å². The molecule has 29 heteroatoms. The van der Waals surface area contributed by atoms with Crippen LogP contribution in [0.15, 0.2) is 108 Å². The van der Waals surface area contributed by atoms with E-state index in [-0.39, 0.29) is 92.7 Å². The number of imidazole rings is 2. The summed E-state index contributed by atoms with van der Waals surface area (Å²) in [5.41, 5.74) is 7.92. The lowest BCUT2D eigenvalue weighted by Gasteiger charge is -2.34. The Morgan fingerprint density at radius 1 is 0.513 bits per heavy atom. The van der Waals surface area contributed by atoms with E-state index in [1.165, 1.54) is 33.5 Å². The van der Waals surface area contributed by atoms with E-state index < -0.39 is 59.9 Å². The second-order valence-corrected chi connectivity index (χ2v) is 35.1. The first-order chi connectivity index (χ1) is 55.9. The van der Waals surface area contributed by atoms with Gasteiger partial charge in [-0.05, 0) is 195 Å². The number of carbonyl (C=O) groups excluding carboxylic acids is 7. The molecular weight excluding hydrogens is 1510 g/mol. The van der Waals surface area contributed by atoms with Gasteiger partial charge < -0.3 is 64.3 Å². The number of methoxy groups -OCH3 is 3. The number of carbonyl (C=O) groups is 7. The Labute approximate surface area is 676 Å². The molecule has 9 heterocycles. The molecule has 11 aliphatic rings. The van der Waals surface area contributed by atoms with Crippen molar-refractivity contribution in [1.82, 2.24) is 55.5 Å². The maximum Gasteiger partial charge on any atom is 0.410 e. The first-order valence-electron chi connectivity index (χ1n) is 40.9. The summed E-state index contributed by atoms with van der Waals surface area (Å²) >= 11 is 0. The number of halogens is 4. The van der Waals surface area contributed by atoms with Crippen LogP contribution in [0.25, 0.3) is 55.9 Å². The van der Waals surface area contributed by atoms with Gasteiger partial charge in [-0.15, -0.1) is 0 Å². The third kappa shape index (κ3) is 15.4. The summed E-state index contributed by atoms with van der Waals surface area (Å²) in [6.07, 6.45) is 15.1. The van der Waals surface area contributed by atoms with E-state index in [0.29, 0.717) is 139 Å². The Balaban J connectivity index is 0.000000176. The van der Waals surface area contributed by atoms with Gasteiger partial charge in [0.1, 0.15) is 35.4 Å². The molecule has 5 saturated heterocycles. The summed E-state index contributed by atoms with van der Waals surface area (Å²) in [5, 5.41) is 8.19. The molecule has 2 saturated carbocycles. The zero-order valence-electron chi connectivity index (χ0n) is 67.6. The van der Waals surface area contributed by atoms with Gasteiger partial charge in [0.15, 0.2) is 0 Å². The summed E-state index contributed by atoms with van der Waals surface area (Å²) in [7, 11) is 3.82. The van der Waals surface area contributed by atoms with Crippen LogP contribution in [0.4, 0.5) is 36.7 Å². The molecule has 7 aliphatic heterocycles. The summed E-state index contributed by atoms with van der Waals surface area (Å²) < 4.78 is 91.6. The molecule has 5 N–H and O–H groups in total. The number of amides is 7. The van der Waals surface area contributed by atoms with E-state index in [0.717, 1.165) is 80.4 Å². The average Bonchev–Trinajstić information content (AvgIpc) is 1.60. The minimum absolute atomic E-state index is 0.0467. The summed E-state index contributed by atoms with van der Waals surface area (Å²) in [6, 6.07) is 17.1. The highest BCUT2D eigenvalue weighted by atomic mass is 19.3. The van der Waals surface area contributed by atoms with Crippen molar-refractivity contribution >= 4 is 64.7 Å². The number of aromatic amines is 2. The number of nitrogens with zero attached hydrogens (tertiary/aromatic N) is 8. The van der Waals surface area contributed by atoms with Crippen molar-refractivity contribution in [3.05, 3.63) is 143 Å². The van der Waals surface area contributed by atoms with Crippen LogP contribution in [-0.4, -0.2) is 190 Å². The standard InChI is InChI=1S/C46H53F2N7O7.C42H48F2N6O5/c1-25(2)38(52-43(58)60-3)41(56)55-24-45(13-14-45)21-37(55)34-20-29(22-49-34)27-7-9-30-31-10-8-28(19-33(31)46(47,48)32(30)18-27)35-23-50-40(51-35)36-6-5-15-54(36)42(57)39(53-44(59)61-4)26-11-16-62-17-12-26;1-23(2)35(48-38(52)54-6)37(51)50-22-41(13-14-41)19-34(50)31-18-26(20-45-31)24-9-11-27-28-12-10-25(17-30(28)42(43,44)29(27)16-24)32-21-46-36(47-32)33-8-7-15-49(33)39(53)55-40(3,4)5/h7-10,18-19,22-23,25-26,36-39H,5-6,11-17,20-21,24H2,1-4H3,(H,50,51)(H,52,58)(H,53,59);9-12,16-17,20-21,23,33-35H,7-8,13-15,18-19,22H2,1-6H3,(H,46,47)(H,48,52)/t36-,37-,38-,39-;33-,34-,35-/m00/s1. The lowest BCUT2D eigenvalue weighted by molar-refractivity contribution is -0.137. The summed E-state index contributed by atoms with van der Waals surface area (Å²) in [6.45, 7) is 16.3. The van der Waals surface area contributed by atoms with Crippen molar-refractivity contribution in [3.8, 4) is 44.8 Å². The van der Waals surface area contributed by atoms with Crippen LogP contribution in [-0.2, 0) is 49.9 Å². The number of likely N-dealkylation sites (tertiary alicyclic amines) is 4. The van der Waals surface area contributed by atoms with Crippen LogP contribution in [0, 0.1) is 28.6 Å². The van der Waals surface area contributed by atoms with Crippen molar-refractivity contribution in [2.45, 2.75) is 198 Å². The number of aromatic nitrogens is 4. The van der Waals surface area contributed by atoms with E-state index in [1.54, 1.807) is 77.1 Å². The van der Waals surface area contributed by atoms with E-state index in [1.807, 2.05) is 76.5 Å². The van der Waals surface area contributed by atoms with Gasteiger partial charge in [0.25, 0.3) is 11.8 Å². The lowest BCUT2D eigenvalue weighted by atomic mass is 9.90. The van der Waals surface area contributed by atoms with Gasteiger partial charge in [0, 0.05) is 109 Å². The van der Waals surface area contributed by atoms with Crippen molar-refractivity contribution in [2.75, 3.05) is 60.7 Å². The fourth-order valence-corrected chi connectivity index (χ4v) is 18.8. The first-order valence-corrected chi connectivity index (χ1v) is 40.9. The molecule has 0 radical (unpaired) electrons. The molecule has 17 rings (SSSR count). The molecule has 618 valence electrons. The maximum atomic E-state index is 16.6. The Kier molecular flexibility index (Phi) is 21.2. The highest BCUT2D eigenvalue weighted by molar-refractivity contribution is 6.06. The van der Waals surface area contributed by atoms with Crippen LogP contribution in [0.5, 0.6) is 0 Å². The number of fused-ring (bicyclic) bond motifs is 6. The predicted molar refractivity (Wildman–Crippen MR) is 428 cm³/mol. The number of alkyl carbamates (subject to hydrolysis) is 3. The number of aliphatic imine (C=N–C) groups is 2. The molecule has 4 aromatic carbocycles. The molecule has 0 bridgehead atoms. The summed E-state index contributed by atoms with van der Waals surface area (Å²) in [5.74, 6) is -6.33. The highest BCUT2D eigenvalue weighted by Gasteiger charge is 2.58. The third-order valence-corrected chi connectivity index (χ3v) is 25.6. The van der Waals surface area contributed by atoms with E-state index in [9.17, 15) is 33.6 Å². The molecule has 2 spiro atoms. The Morgan fingerprint density at radius 3 is 1.31 bits per heavy atom. The largest absolute Gasteiger partial charge is 0.453 e. The number of rotatable bonds is 17. The van der Waals surface area contributed by atoms with Gasteiger partial charge in [-0.1, -0.05) is 76.2 Å². The minimum atomic E-state index is -3.28. The van der Waals surface area contributed by atoms with Crippen LogP contribution < -0.4 is 16.0 Å². The molecule has 7 fully saturated rings. The second-order valence-electron chi connectivity index (χ2n) is 35.1. The average molecular weight is 1610 g/mol. The molecule has 117 heavy (non-hydrogen) atoms. The number of allylic oxidation sites excluding steroid dienone is 2. The van der Waals surface area contributed by atoms with Gasteiger partial charge >= 0.3 is 24.4 Å². The normalized spacial score (nSPS) is 22.7. The van der Waals surface area contributed by atoms with Crippen LogP contribution in [0.2, 0.25) is 0 Å². The molecular formula is C88H101F4N13O12. The predicted octanol–water partition coefficient (Wildman–Crippen LogP) is 15.2. The van der Waals surface area contributed by atoms with Gasteiger partial charge in [-0.25, -0.2) is 29.1 Å². The number of nitrogens with one attached hydrogen (secondary N) is 5. The van der Waals surface area contributed by atoms with E-state index in [2.05, 4.69) is 35.9 Å². The SMILES string of the molecule is COC(=O)N[C@H](C(=O)N1CC2(CC2)C[C@H]1C1=NC=C(c2ccc3c(c2)C(F)(F)c2cc(-c4cnc([C@@H]5CCCN5C(=O)OC(C)(C)C)[nH]4)ccc2-3)C1)C(C)C.COC(=O)N[C@H](C(=O)N1CC2(CC2)C[C@H]1C1=NC=C(c2ccc3c(c2)C(F)(F)c2cc(-c4cnc([C@@H]5CCCN5C(=O)[C@@H](NC(=O)OC)C5CCOCC5)[nH]4)ccc2-3)C1)C(C)C. The molecule has 0 unspecified atom stereocenters. The third-order valence-electron chi connectivity index (χ3n) is 25.6. The minimum Gasteiger partial charge on any atom is -0.453 e. The van der Waals surface area contributed by atoms with Gasteiger partial charge in [0.05, 0.1) is 69.3 Å². The Hall–Kier alpha value is -10.7. The molecule has 6 aromatic rings. The van der Waals surface area contributed by atoms with Crippen molar-refractivity contribution < 1.29 is 74.8 Å². The zero-order chi connectivity index (χ0) is 82.5. The number of H-pyrrole nitrogens is 2. The topological polar surface area (TPSA) is 297 Å². The number of ether oxygens (including phenoxy) is 5. The molecule has 7 amide bonds. The summed E-state index contributed by atoms with van der Waals surface area (Å²) in [4.78, 5) is 124. The molecule has 2 aromatic heterocycles. The van der Waals surface area contributed by atoms with E-state index >= 15 is 17.6 Å². The highest BCUT2D eigenvalue weighted by Crippen LogP contribution is 2.59. The Bertz CT molecular complexity index is 5100. The van der Waals surface area contributed by atoms with Crippen LogP contribution >= 0.6 is 0 Å². The fraction of sp³-hybridized carbons (Fsp3) is 0.511. The fourth-order valence-electron chi connectivity index (χ4n) is 18.8. The second kappa shape index (κ2) is 31.0. The van der Waals surface area contributed by atoms with Gasteiger partial charge in [-0.2, -0.15) is 17.6 Å². The van der Waals surface area contributed by atoms with Gasteiger partial charge in [0.2, 0.25) is 17.7 Å². The first kappa shape index (κ1) is 80.1.